The topological polar surface area (TPSA) is 100 Å². The lowest BCUT2D eigenvalue weighted by atomic mass is 10.1. The van der Waals surface area contributed by atoms with Crippen LogP contribution in [0.25, 0.3) is 21.8 Å². The third-order valence-electron chi connectivity index (χ3n) is 5.45. The molecule has 2 aromatic heterocycles. The Balaban J connectivity index is 1.85. The Morgan fingerprint density at radius 1 is 0.973 bits per heavy atom. The standard InChI is InChI=1S/C24H23F3N6O2S2/c1-4-33(5-2)24-31-20(21(36-24)18-12-13-29-23(28-3)30-18)14-8-6-11-17(19(14)27)32-37(34,35)22-15(25)9-7-10-16(22)26/h6-13,32H,4-5H2,1-3H3,(H,28,29,30). The minimum atomic E-state index is -4.78. The van der Waals surface area contributed by atoms with Gasteiger partial charge in [-0.25, -0.2) is 36.5 Å². The molecule has 194 valence electrons. The van der Waals surface area contributed by atoms with Crippen LogP contribution < -0.4 is 14.9 Å². The number of sulfonamides is 1. The lowest BCUT2D eigenvalue weighted by Crippen LogP contribution is -2.21. The maximum Gasteiger partial charge on any atom is 0.267 e. The zero-order chi connectivity index (χ0) is 26.7. The Morgan fingerprint density at radius 2 is 1.65 bits per heavy atom. The third-order valence-corrected chi connectivity index (χ3v) is 8.00. The molecule has 0 saturated carbocycles. The van der Waals surface area contributed by atoms with E-state index >= 15 is 4.39 Å². The fraction of sp³-hybridized carbons (Fsp3) is 0.208. The summed E-state index contributed by atoms with van der Waals surface area (Å²) in [6, 6.07) is 8.35. The van der Waals surface area contributed by atoms with Crippen molar-refractivity contribution in [3.63, 3.8) is 0 Å². The second kappa shape index (κ2) is 10.7. The number of hydrogen-bond donors (Lipinski definition) is 2. The molecule has 0 spiro atoms. The van der Waals surface area contributed by atoms with Crippen molar-refractivity contribution < 1.29 is 21.6 Å². The highest BCUT2D eigenvalue weighted by Crippen LogP contribution is 2.42. The van der Waals surface area contributed by atoms with Gasteiger partial charge in [-0.3, -0.25) is 4.72 Å². The number of nitrogens with zero attached hydrogens (tertiary/aromatic N) is 4. The number of halogens is 3. The Morgan fingerprint density at radius 3 is 2.30 bits per heavy atom. The second-order valence-electron chi connectivity index (χ2n) is 7.69. The van der Waals surface area contributed by atoms with E-state index in [1.807, 2.05) is 23.5 Å². The molecule has 0 radical (unpaired) electrons. The van der Waals surface area contributed by atoms with Crippen molar-refractivity contribution in [2.45, 2.75) is 18.7 Å². The molecule has 4 rings (SSSR count). The van der Waals surface area contributed by atoms with E-state index in [-0.39, 0.29) is 11.3 Å². The van der Waals surface area contributed by atoms with Crippen molar-refractivity contribution in [3.05, 3.63) is 66.1 Å². The molecule has 2 aromatic carbocycles. The highest BCUT2D eigenvalue weighted by atomic mass is 32.2. The zero-order valence-electron chi connectivity index (χ0n) is 20.1. The largest absolute Gasteiger partial charge is 0.357 e. The molecule has 2 N–H and O–H groups in total. The monoisotopic (exact) mass is 548 g/mol. The summed E-state index contributed by atoms with van der Waals surface area (Å²) in [6.45, 7) is 5.24. The first kappa shape index (κ1) is 26.4. The quantitative estimate of drug-likeness (QED) is 0.290. The van der Waals surface area contributed by atoms with Crippen molar-refractivity contribution in [2.24, 2.45) is 0 Å². The van der Waals surface area contributed by atoms with Gasteiger partial charge in [0.2, 0.25) is 5.95 Å². The van der Waals surface area contributed by atoms with E-state index in [1.54, 1.807) is 19.3 Å². The Labute approximate surface area is 216 Å². The fourth-order valence-corrected chi connectivity index (χ4v) is 6.00. The number of nitrogens with one attached hydrogen (secondary N) is 2. The molecule has 37 heavy (non-hydrogen) atoms. The molecular weight excluding hydrogens is 525 g/mol. The third kappa shape index (κ3) is 5.23. The Hall–Kier alpha value is -3.71. The van der Waals surface area contributed by atoms with Gasteiger partial charge in [0.1, 0.15) is 11.6 Å². The average molecular weight is 549 g/mol. The van der Waals surface area contributed by atoms with Gasteiger partial charge in [0.05, 0.1) is 22.0 Å². The van der Waals surface area contributed by atoms with Gasteiger partial charge in [0.15, 0.2) is 15.8 Å². The molecule has 0 atom stereocenters. The molecule has 4 aromatic rings. The van der Waals surface area contributed by atoms with Crippen LogP contribution in [-0.2, 0) is 10.0 Å². The second-order valence-corrected chi connectivity index (χ2v) is 10.3. The maximum atomic E-state index is 15.8. The van der Waals surface area contributed by atoms with E-state index < -0.39 is 38.1 Å². The molecule has 0 aliphatic heterocycles. The van der Waals surface area contributed by atoms with Crippen molar-refractivity contribution >= 4 is 38.1 Å². The van der Waals surface area contributed by atoms with Crippen molar-refractivity contribution in [3.8, 4) is 21.8 Å². The van der Waals surface area contributed by atoms with Crippen molar-refractivity contribution in [1.29, 1.82) is 0 Å². The van der Waals surface area contributed by atoms with Crippen LogP contribution in [0.1, 0.15) is 13.8 Å². The van der Waals surface area contributed by atoms with Crippen LogP contribution >= 0.6 is 11.3 Å². The summed E-state index contributed by atoms with van der Waals surface area (Å²) in [5.41, 5.74) is 0.234. The van der Waals surface area contributed by atoms with Gasteiger partial charge in [-0.05, 0) is 44.2 Å². The SMILES string of the molecule is CCN(CC)c1nc(-c2cccc(NS(=O)(=O)c3c(F)cccc3F)c2F)c(-c2ccnc(NC)n2)s1. The molecule has 0 aliphatic carbocycles. The summed E-state index contributed by atoms with van der Waals surface area (Å²) in [5.74, 6) is -3.18. The predicted octanol–water partition coefficient (Wildman–Crippen LogP) is 5.37. The molecule has 8 nitrogen and oxygen atoms in total. The van der Waals surface area contributed by atoms with Crippen molar-refractivity contribution in [2.75, 3.05) is 35.1 Å². The Bertz CT molecular complexity index is 1520. The van der Waals surface area contributed by atoms with E-state index in [2.05, 4.69) is 20.3 Å². The minimum absolute atomic E-state index is 0.0107. The van der Waals surface area contributed by atoms with Crippen LogP contribution in [-0.4, -0.2) is 43.5 Å². The first-order valence-electron chi connectivity index (χ1n) is 11.2. The molecule has 0 bridgehead atoms. The number of thiazole rings is 1. The predicted molar refractivity (Wildman–Crippen MR) is 139 cm³/mol. The van der Waals surface area contributed by atoms with Gasteiger partial charge in [-0.15, -0.1) is 0 Å². The van der Waals surface area contributed by atoms with Gasteiger partial charge in [-0.1, -0.05) is 23.5 Å². The molecule has 13 heteroatoms. The van der Waals surface area contributed by atoms with Gasteiger partial charge in [-0.2, -0.15) is 0 Å². The van der Waals surface area contributed by atoms with Gasteiger partial charge in [0.25, 0.3) is 10.0 Å². The summed E-state index contributed by atoms with van der Waals surface area (Å²) in [4.78, 5) is 14.6. The van der Waals surface area contributed by atoms with Crippen LogP contribution in [0.15, 0.2) is 53.6 Å². The number of benzene rings is 2. The minimum Gasteiger partial charge on any atom is -0.357 e. The highest BCUT2D eigenvalue weighted by Gasteiger charge is 2.27. The molecule has 2 heterocycles. The van der Waals surface area contributed by atoms with E-state index in [9.17, 15) is 17.2 Å². The molecule has 0 amide bonds. The number of aromatic nitrogens is 3. The van der Waals surface area contributed by atoms with Crippen LogP contribution in [0.2, 0.25) is 0 Å². The van der Waals surface area contributed by atoms with Gasteiger partial charge < -0.3 is 10.2 Å². The lowest BCUT2D eigenvalue weighted by Gasteiger charge is -2.16. The van der Waals surface area contributed by atoms with Crippen molar-refractivity contribution in [1.82, 2.24) is 15.0 Å². The normalized spacial score (nSPS) is 11.4. The first-order chi connectivity index (χ1) is 17.7. The summed E-state index contributed by atoms with van der Waals surface area (Å²) in [7, 11) is -3.11. The summed E-state index contributed by atoms with van der Waals surface area (Å²) in [6.07, 6.45) is 1.55. The summed E-state index contributed by atoms with van der Waals surface area (Å²) >= 11 is 1.30. The highest BCUT2D eigenvalue weighted by molar-refractivity contribution is 7.92. The maximum absolute atomic E-state index is 15.8. The van der Waals surface area contributed by atoms with Crippen LogP contribution in [0.5, 0.6) is 0 Å². The van der Waals surface area contributed by atoms with Crippen LogP contribution in [0, 0.1) is 17.5 Å². The molecule has 0 saturated heterocycles. The van der Waals surface area contributed by atoms with E-state index in [1.165, 1.54) is 23.5 Å². The molecule has 0 aliphatic rings. The summed E-state index contributed by atoms with van der Waals surface area (Å²) < 4.78 is 71.6. The van der Waals surface area contributed by atoms with Crippen LogP contribution in [0.3, 0.4) is 0 Å². The summed E-state index contributed by atoms with van der Waals surface area (Å²) in [5, 5.41) is 3.48. The lowest BCUT2D eigenvalue weighted by molar-refractivity contribution is 0.521. The molecule has 0 unspecified atom stereocenters. The van der Waals surface area contributed by atoms with E-state index in [0.717, 1.165) is 24.3 Å². The first-order valence-corrected chi connectivity index (χ1v) is 13.5. The number of rotatable bonds is 9. The fourth-order valence-electron chi connectivity index (χ4n) is 3.63. The van der Waals surface area contributed by atoms with E-state index in [0.29, 0.717) is 34.7 Å². The zero-order valence-corrected chi connectivity index (χ0v) is 21.7. The molecule has 0 fully saturated rings. The van der Waals surface area contributed by atoms with E-state index in [4.69, 9.17) is 0 Å². The smallest absolute Gasteiger partial charge is 0.267 e. The molecular formula is C24H23F3N6O2S2. The number of anilines is 3. The number of hydrogen-bond acceptors (Lipinski definition) is 8. The van der Waals surface area contributed by atoms with Gasteiger partial charge >= 0.3 is 0 Å². The van der Waals surface area contributed by atoms with Crippen LogP contribution in [0.4, 0.5) is 29.9 Å². The van der Waals surface area contributed by atoms with Gasteiger partial charge in [0, 0.05) is 31.9 Å². The average Bonchev–Trinajstić information content (AvgIpc) is 3.30. The Kier molecular flexibility index (Phi) is 7.64.